The number of hydrogen-bond donors (Lipinski definition) is 1. The molecule has 0 spiro atoms. The second-order valence-corrected chi connectivity index (χ2v) is 10.0. The molecule has 1 fully saturated rings. The van der Waals surface area contributed by atoms with E-state index in [4.69, 9.17) is 4.42 Å². The van der Waals surface area contributed by atoms with Crippen LogP contribution in [0, 0.1) is 6.92 Å². The van der Waals surface area contributed by atoms with E-state index in [-0.39, 0.29) is 23.5 Å². The fraction of sp³-hybridized carbons (Fsp3) is 0.471. The van der Waals surface area contributed by atoms with E-state index < -0.39 is 15.1 Å². The summed E-state index contributed by atoms with van der Waals surface area (Å²) in [4.78, 5) is 12.5. The molecule has 1 N–H and O–H groups in total. The van der Waals surface area contributed by atoms with Crippen LogP contribution in [0.25, 0.3) is 11.4 Å². The Bertz CT molecular complexity index is 948. The van der Waals surface area contributed by atoms with Crippen LogP contribution in [0.1, 0.15) is 19.1 Å². The molecule has 0 bridgehead atoms. The van der Waals surface area contributed by atoms with Gasteiger partial charge < -0.3 is 9.73 Å². The number of thioether (sulfide) groups is 1. The number of amides is 1. The molecular weight excluding hydrogens is 388 g/mol. The zero-order chi connectivity index (χ0) is 19.6. The quantitative estimate of drug-likeness (QED) is 0.548. The summed E-state index contributed by atoms with van der Waals surface area (Å²) in [6.07, 6.45) is 3.79. The first-order chi connectivity index (χ1) is 12.8. The Morgan fingerprint density at radius 1 is 1.56 bits per heavy atom. The van der Waals surface area contributed by atoms with Crippen molar-refractivity contribution < 1.29 is 17.6 Å². The molecule has 2 atom stereocenters. The second kappa shape index (κ2) is 7.89. The van der Waals surface area contributed by atoms with Gasteiger partial charge in [-0.1, -0.05) is 17.8 Å². The number of carbonyl (C=O) groups excluding carboxylic acids is 1. The van der Waals surface area contributed by atoms with Crippen molar-refractivity contribution in [3.8, 4) is 11.4 Å². The van der Waals surface area contributed by atoms with Gasteiger partial charge in [0, 0.05) is 12.6 Å². The maximum Gasteiger partial charge on any atom is 0.233 e. The molecule has 8 nitrogen and oxygen atoms in total. The zero-order valence-corrected chi connectivity index (χ0v) is 16.8. The van der Waals surface area contributed by atoms with Crippen molar-refractivity contribution in [1.29, 1.82) is 0 Å². The van der Waals surface area contributed by atoms with Crippen LogP contribution in [0.15, 0.2) is 34.6 Å². The average Bonchev–Trinajstić information content (AvgIpc) is 3.28. The average molecular weight is 411 g/mol. The molecule has 0 aromatic carbocycles. The molecule has 1 aliphatic rings. The summed E-state index contributed by atoms with van der Waals surface area (Å²) < 4.78 is 30.3. The van der Waals surface area contributed by atoms with Crippen LogP contribution in [-0.2, 0) is 21.2 Å². The number of nitrogens with zero attached hydrogens (tertiary/aromatic N) is 3. The van der Waals surface area contributed by atoms with Crippen LogP contribution in [0.3, 0.4) is 0 Å². The van der Waals surface area contributed by atoms with Gasteiger partial charge >= 0.3 is 0 Å². The zero-order valence-electron chi connectivity index (χ0n) is 15.2. The van der Waals surface area contributed by atoms with Crippen molar-refractivity contribution in [3.63, 3.8) is 0 Å². The number of hydrogen-bond acceptors (Lipinski definition) is 7. The summed E-state index contributed by atoms with van der Waals surface area (Å²) in [5.41, 5.74) is 0.837. The molecule has 27 heavy (non-hydrogen) atoms. The molecule has 1 aliphatic heterocycles. The van der Waals surface area contributed by atoms with Gasteiger partial charge in [-0.15, -0.1) is 16.8 Å². The predicted octanol–water partition coefficient (Wildman–Crippen LogP) is 1.82. The summed E-state index contributed by atoms with van der Waals surface area (Å²) in [5, 5.41) is 11.4. The van der Waals surface area contributed by atoms with E-state index in [1.54, 1.807) is 19.3 Å². The van der Waals surface area contributed by atoms with Gasteiger partial charge in [0.1, 0.15) is 5.76 Å². The number of carbonyl (C=O) groups is 1. The van der Waals surface area contributed by atoms with Gasteiger partial charge in [0.2, 0.25) is 5.91 Å². The molecule has 0 aliphatic carbocycles. The van der Waals surface area contributed by atoms with Crippen molar-refractivity contribution in [2.24, 2.45) is 0 Å². The van der Waals surface area contributed by atoms with Gasteiger partial charge in [0.15, 0.2) is 20.8 Å². The lowest BCUT2D eigenvalue weighted by molar-refractivity contribution is -0.120. The maximum absolute atomic E-state index is 12.5. The molecule has 3 heterocycles. The fourth-order valence-corrected chi connectivity index (χ4v) is 5.47. The van der Waals surface area contributed by atoms with Crippen LogP contribution in [0.4, 0.5) is 0 Å². The first-order valence-corrected chi connectivity index (χ1v) is 11.3. The van der Waals surface area contributed by atoms with Gasteiger partial charge in [-0.3, -0.25) is 9.36 Å². The largest absolute Gasteiger partial charge is 0.469 e. The molecule has 146 valence electrons. The normalized spacial score (nSPS) is 19.7. The van der Waals surface area contributed by atoms with Crippen molar-refractivity contribution >= 4 is 27.5 Å². The minimum absolute atomic E-state index is 0.00663. The molecule has 0 saturated carbocycles. The number of aromatic nitrogens is 3. The van der Waals surface area contributed by atoms with Crippen LogP contribution >= 0.6 is 11.8 Å². The van der Waals surface area contributed by atoms with Crippen molar-refractivity contribution in [2.75, 3.05) is 11.5 Å². The summed E-state index contributed by atoms with van der Waals surface area (Å²) in [6, 6.07) is 1.50. The van der Waals surface area contributed by atoms with Gasteiger partial charge in [0.25, 0.3) is 0 Å². The van der Waals surface area contributed by atoms with Crippen molar-refractivity contribution in [2.45, 2.75) is 43.3 Å². The second-order valence-electron chi connectivity index (χ2n) is 6.46. The number of rotatable bonds is 7. The minimum atomic E-state index is -3.03. The Hall–Kier alpha value is -2.07. The highest BCUT2D eigenvalue weighted by Gasteiger charge is 2.30. The van der Waals surface area contributed by atoms with E-state index in [0.717, 1.165) is 11.3 Å². The minimum Gasteiger partial charge on any atom is -0.469 e. The van der Waals surface area contributed by atoms with Crippen LogP contribution in [0.2, 0.25) is 0 Å². The van der Waals surface area contributed by atoms with Gasteiger partial charge in [-0.25, -0.2) is 8.42 Å². The van der Waals surface area contributed by atoms with E-state index in [1.807, 2.05) is 17.6 Å². The Morgan fingerprint density at radius 2 is 2.33 bits per heavy atom. The van der Waals surface area contributed by atoms with E-state index in [1.165, 1.54) is 11.8 Å². The number of furan rings is 1. The van der Waals surface area contributed by atoms with Gasteiger partial charge in [-0.2, -0.15) is 0 Å². The monoisotopic (exact) mass is 410 g/mol. The van der Waals surface area contributed by atoms with Crippen molar-refractivity contribution in [1.82, 2.24) is 20.1 Å². The van der Waals surface area contributed by atoms with E-state index in [9.17, 15) is 13.2 Å². The van der Waals surface area contributed by atoms with E-state index in [2.05, 4.69) is 22.1 Å². The summed E-state index contributed by atoms with van der Waals surface area (Å²) in [5.74, 6) is 1.31. The molecule has 1 saturated heterocycles. The SMILES string of the molecule is C=CCn1c(S[C@H](C)C(=O)N[C@H]2CCS(=O)(=O)C2)nnc1-c1ccoc1C. The van der Waals surface area contributed by atoms with Crippen LogP contribution in [-0.4, -0.2) is 51.9 Å². The van der Waals surface area contributed by atoms with Crippen LogP contribution in [0.5, 0.6) is 0 Å². The Balaban J connectivity index is 1.73. The third-order valence-corrected chi connectivity index (χ3v) is 7.21. The lowest BCUT2D eigenvalue weighted by Crippen LogP contribution is -2.40. The molecule has 0 radical (unpaired) electrons. The van der Waals surface area contributed by atoms with E-state index >= 15 is 0 Å². The molecule has 10 heteroatoms. The lowest BCUT2D eigenvalue weighted by Gasteiger charge is -2.15. The van der Waals surface area contributed by atoms with Gasteiger partial charge in [0.05, 0.1) is 28.6 Å². The third-order valence-electron chi connectivity index (χ3n) is 4.36. The molecule has 2 aromatic rings. The highest BCUT2D eigenvalue weighted by atomic mass is 32.2. The summed E-state index contributed by atoms with van der Waals surface area (Å²) in [6.45, 7) is 7.87. The summed E-state index contributed by atoms with van der Waals surface area (Å²) >= 11 is 1.27. The topological polar surface area (TPSA) is 107 Å². The third kappa shape index (κ3) is 4.44. The molecular formula is C17H22N4O4S2. The maximum atomic E-state index is 12.5. The highest BCUT2D eigenvalue weighted by Crippen LogP contribution is 2.29. The van der Waals surface area contributed by atoms with Gasteiger partial charge in [-0.05, 0) is 26.3 Å². The lowest BCUT2D eigenvalue weighted by atomic mass is 10.2. The Morgan fingerprint density at radius 3 is 2.93 bits per heavy atom. The molecule has 0 unspecified atom stereocenters. The first-order valence-electron chi connectivity index (χ1n) is 8.56. The molecule has 3 rings (SSSR count). The standard InChI is InChI=1S/C17H22N4O4S2/c1-4-7-21-15(14-5-8-25-11(14)2)19-20-17(21)26-12(3)16(22)18-13-6-9-27(23,24)10-13/h4-5,8,12-13H,1,6-7,9-10H2,2-3H3,(H,18,22)/t12-,13+/m1/s1. The summed E-state index contributed by atoms with van der Waals surface area (Å²) in [7, 11) is -3.03. The molecule has 2 aromatic heterocycles. The first kappa shape index (κ1) is 19.7. The fourth-order valence-electron chi connectivity index (χ4n) is 2.92. The number of aryl methyl sites for hydroxylation is 1. The molecule has 1 amide bonds. The Labute approximate surface area is 162 Å². The smallest absolute Gasteiger partial charge is 0.233 e. The number of sulfone groups is 1. The number of nitrogens with one attached hydrogen (secondary N) is 1. The highest BCUT2D eigenvalue weighted by molar-refractivity contribution is 8.00. The van der Waals surface area contributed by atoms with Crippen LogP contribution < -0.4 is 5.32 Å². The Kier molecular flexibility index (Phi) is 5.75. The van der Waals surface area contributed by atoms with E-state index in [0.29, 0.717) is 23.9 Å². The predicted molar refractivity (Wildman–Crippen MR) is 103 cm³/mol. The van der Waals surface area contributed by atoms with Crippen molar-refractivity contribution in [3.05, 3.63) is 30.7 Å². The number of allylic oxidation sites excluding steroid dienone is 1.